The van der Waals surface area contributed by atoms with Gasteiger partial charge in [-0.3, -0.25) is 0 Å². The van der Waals surface area contributed by atoms with Crippen molar-refractivity contribution in [2.45, 2.75) is 11.3 Å². The van der Waals surface area contributed by atoms with Crippen molar-refractivity contribution in [2.24, 2.45) is 0 Å². The van der Waals surface area contributed by atoms with Crippen LogP contribution in [0, 0.1) is 0 Å². The zero-order valence-corrected chi connectivity index (χ0v) is 13.5. The Hall–Kier alpha value is -1.77. The van der Waals surface area contributed by atoms with Crippen LogP contribution in [0.4, 0.5) is 0 Å². The second-order valence-corrected chi connectivity index (χ2v) is 8.12. The molecule has 0 nitrogen and oxygen atoms in total. The molecule has 2 heteroatoms. The fourth-order valence-electron chi connectivity index (χ4n) is 4.01. The molecule has 1 aliphatic heterocycles. The Balaban J connectivity index is 1.77. The first kappa shape index (κ1) is 11.8. The number of aryl methyl sites for hydroxylation is 1. The quantitative estimate of drug-likeness (QED) is 0.605. The Labute approximate surface area is 136 Å². The average Bonchev–Trinajstić information content (AvgIpc) is 3.27. The summed E-state index contributed by atoms with van der Waals surface area (Å²) in [6, 6.07) is 11.5. The predicted octanol–water partition coefficient (Wildman–Crippen LogP) is 3.94. The van der Waals surface area contributed by atoms with Gasteiger partial charge in [-0.05, 0) is 68.1 Å². The molecule has 0 radical (unpaired) electrons. The second kappa shape index (κ2) is 3.95. The van der Waals surface area contributed by atoms with E-state index < -0.39 is 0 Å². The Morgan fingerprint density at radius 3 is 2.95 bits per heavy atom. The van der Waals surface area contributed by atoms with Crippen LogP contribution in [0.25, 0.3) is 27.8 Å². The molecule has 1 aromatic heterocycles. The molecule has 6 rings (SSSR count). The average molecular weight is 316 g/mol. The summed E-state index contributed by atoms with van der Waals surface area (Å²) in [5.74, 6) is 1.24. The van der Waals surface area contributed by atoms with E-state index in [0.29, 0.717) is 0 Å². The number of thioether (sulfide) groups is 1. The summed E-state index contributed by atoms with van der Waals surface area (Å²) >= 11 is 3.88. The van der Waals surface area contributed by atoms with E-state index in [1.54, 1.807) is 0 Å². The smallest absolute Gasteiger partial charge is 0.0421 e. The lowest BCUT2D eigenvalue weighted by Gasteiger charge is -2.04. The van der Waals surface area contributed by atoms with Crippen molar-refractivity contribution >= 4 is 50.9 Å². The Kier molecular flexibility index (Phi) is 2.11. The van der Waals surface area contributed by atoms with Crippen molar-refractivity contribution < 1.29 is 0 Å². The van der Waals surface area contributed by atoms with E-state index in [9.17, 15) is 0 Å². The maximum absolute atomic E-state index is 2.42. The highest BCUT2D eigenvalue weighted by Gasteiger charge is 2.26. The maximum atomic E-state index is 2.42. The first-order chi connectivity index (χ1) is 10.9. The van der Waals surface area contributed by atoms with Gasteiger partial charge in [0.25, 0.3) is 0 Å². The number of fused-ring (bicyclic) bond motifs is 8. The van der Waals surface area contributed by atoms with Crippen LogP contribution in [0.2, 0.25) is 0 Å². The van der Waals surface area contributed by atoms with Gasteiger partial charge in [0, 0.05) is 20.9 Å². The van der Waals surface area contributed by atoms with E-state index in [2.05, 4.69) is 47.9 Å². The van der Waals surface area contributed by atoms with E-state index in [1.165, 1.54) is 65.4 Å². The lowest BCUT2D eigenvalue weighted by atomic mass is 10.0. The molecule has 0 bridgehead atoms. The molecule has 0 saturated carbocycles. The summed E-state index contributed by atoms with van der Waals surface area (Å²) in [6.07, 6.45) is 6.04. The molecule has 104 valence electrons. The third kappa shape index (κ3) is 1.31. The minimum atomic E-state index is 1.22. The molecule has 22 heavy (non-hydrogen) atoms. The molecule has 0 saturated heterocycles. The summed E-state index contributed by atoms with van der Waals surface area (Å²) < 4.78 is 1.43. The molecule has 0 atom stereocenters. The van der Waals surface area contributed by atoms with E-state index in [4.69, 9.17) is 0 Å². The molecule has 3 aliphatic rings. The van der Waals surface area contributed by atoms with Crippen molar-refractivity contribution in [1.29, 1.82) is 0 Å². The lowest BCUT2D eigenvalue weighted by molar-refractivity contribution is 1.13. The summed E-state index contributed by atoms with van der Waals surface area (Å²) in [7, 11) is 0. The van der Waals surface area contributed by atoms with Gasteiger partial charge in [0.15, 0.2) is 0 Å². The number of allylic oxidation sites excluding steroid dienone is 1. The van der Waals surface area contributed by atoms with Crippen molar-refractivity contribution in [3.8, 4) is 0 Å². The maximum Gasteiger partial charge on any atom is 0.0421 e. The zero-order valence-electron chi connectivity index (χ0n) is 11.8. The van der Waals surface area contributed by atoms with Crippen molar-refractivity contribution in [1.82, 2.24) is 0 Å². The molecule has 2 aromatic carbocycles. The number of thiophene rings is 1. The molecule has 0 amide bonds. The molecular formula is C20H12S2. The van der Waals surface area contributed by atoms with E-state index in [-0.39, 0.29) is 0 Å². The molecular weight excluding hydrogens is 304 g/mol. The number of hydrogen-bond acceptors (Lipinski definition) is 2. The van der Waals surface area contributed by atoms with E-state index in [0.717, 1.165) is 0 Å². The summed E-state index contributed by atoms with van der Waals surface area (Å²) in [5, 5.41) is 6.47. The van der Waals surface area contributed by atoms with Crippen LogP contribution in [-0.4, -0.2) is 5.75 Å². The molecule has 0 N–H and O–H groups in total. The van der Waals surface area contributed by atoms with E-state index >= 15 is 0 Å². The summed E-state index contributed by atoms with van der Waals surface area (Å²) in [6.45, 7) is 0. The predicted molar refractivity (Wildman–Crippen MR) is 96.9 cm³/mol. The number of hydrogen-bond donors (Lipinski definition) is 0. The van der Waals surface area contributed by atoms with E-state index in [1.807, 2.05) is 23.1 Å². The first-order valence-corrected chi connectivity index (χ1v) is 9.50. The van der Waals surface area contributed by atoms with Crippen LogP contribution in [0.1, 0.15) is 16.7 Å². The van der Waals surface area contributed by atoms with Gasteiger partial charge in [-0.25, -0.2) is 0 Å². The largest absolute Gasteiger partial charge is 0.143 e. The van der Waals surface area contributed by atoms with Gasteiger partial charge in [-0.15, -0.1) is 23.1 Å². The van der Waals surface area contributed by atoms with Crippen LogP contribution in [0.5, 0.6) is 0 Å². The summed E-state index contributed by atoms with van der Waals surface area (Å²) in [5.41, 5.74) is 7.24. The van der Waals surface area contributed by atoms with Gasteiger partial charge >= 0.3 is 0 Å². The number of benzene rings is 2. The minimum Gasteiger partial charge on any atom is -0.143 e. The monoisotopic (exact) mass is 316 g/mol. The van der Waals surface area contributed by atoms with Gasteiger partial charge in [0.05, 0.1) is 0 Å². The standard InChI is InChI=1S/C20H12S2/c1-3-14-16(19-11(1)5-7-21-19)9-13-10-17-15(18(13)14)4-2-12-6-8-22-20(12)17/h1-5,7,9-10H,6,8H2. The van der Waals surface area contributed by atoms with Gasteiger partial charge in [-0.2, -0.15) is 0 Å². The molecule has 3 aromatic rings. The molecule has 0 spiro atoms. The molecule has 0 fully saturated rings. The summed E-state index contributed by atoms with van der Waals surface area (Å²) in [4.78, 5) is 1.53. The topological polar surface area (TPSA) is 0 Å². The van der Waals surface area contributed by atoms with Crippen molar-refractivity contribution in [2.75, 3.05) is 5.75 Å². The molecule has 2 heterocycles. The highest BCUT2D eigenvalue weighted by atomic mass is 32.2. The molecule has 0 unspecified atom stereocenters. The third-order valence-electron chi connectivity index (χ3n) is 4.98. The highest BCUT2D eigenvalue weighted by molar-refractivity contribution is 7.99. The van der Waals surface area contributed by atoms with Gasteiger partial charge in [-0.1, -0.05) is 24.3 Å². The first-order valence-electron chi connectivity index (χ1n) is 7.63. The zero-order chi connectivity index (χ0) is 14.3. The lowest BCUT2D eigenvalue weighted by Crippen LogP contribution is -2.25. The fraction of sp³-hybridized carbons (Fsp3) is 0.100. The Morgan fingerprint density at radius 2 is 1.95 bits per heavy atom. The van der Waals surface area contributed by atoms with Gasteiger partial charge in [0.2, 0.25) is 0 Å². The molecule has 2 aliphatic carbocycles. The normalized spacial score (nSPS) is 17.1. The van der Waals surface area contributed by atoms with Crippen LogP contribution in [0.15, 0.2) is 46.2 Å². The SMILES string of the molecule is C1=C2C=c3c4c(ccc3=C2c2ccc3ccsc3c21)CCS4. The van der Waals surface area contributed by atoms with Gasteiger partial charge in [0.1, 0.15) is 0 Å². The minimum absolute atomic E-state index is 1.22. The second-order valence-electron chi connectivity index (χ2n) is 6.10. The van der Waals surface area contributed by atoms with Crippen LogP contribution < -0.4 is 10.4 Å². The highest BCUT2D eigenvalue weighted by Crippen LogP contribution is 2.41. The number of rotatable bonds is 0. The Morgan fingerprint density at radius 1 is 0.955 bits per heavy atom. The Bertz CT molecular complexity index is 1140. The third-order valence-corrected chi connectivity index (χ3v) is 7.13. The van der Waals surface area contributed by atoms with Crippen LogP contribution in [0.3, 0.4) is 0 Å². The van der Waals surface area contributed by atoms with Crippen molar-refractivity contribution in [3.63, 3.8) is 0 Å². The van der Waals surface area contributed by atoms with Crippen LogP contribution in [-0.2, 0) is 6.42 Å². The van der Waals surface area contributed by atoms with Crippen LogP contribution >= 0.6 is 23.1 Å². The van der Waals surface area contributed by atoms with Crippen molar-refractivity contribution in [3.05, 3.63) is 68.4 Å². The fourth-order valence-corrected chi connectivity index (χ4v) is 6.13. The van der Waals surface area contributed by atoms with Gasteiger partial charge < -0.3 is 0 Å².